The Morgan fingerprint density at radius 2 is 2.00 bits per heavy atom. The number of hydrazine groups is 1. The number of carbonyl (C=O) groups is 1. The van der Waals surface area contributed by atoms with Crippen molar-refractivity contribution in [2.45, 2.75) is 12.5 Å². The van der Waals surface area contributed by atoms with Crippen molar-refractivity contribution < 1.29 is 4.79 Å². The van der Waals surface area contributed by atoms with E-state index in [4.69, 9.17) is 0 Å². The molecule has 1 aromatic rings. The van der Waals surface area contributed by atoms with Crippen molar-refractivity contribution in [1.82, 2.24) is 15.3 Å². The van der Waals surface area contributed by atoms with Crippen LogP contribution in [0.1, 0.15) is 17.2 Å². The van der Waals surface area contributed by atoms with Gasteiger partial charge in [-0.2, -0.15) is 0 Å². The summed E-state index contributed by atoms with van der Waals surface area (Å²) in [6, 6.07) is 8.08. The molecule has 0 spiro atoms. The second-order valence-electron chi connectivity index (χ2n) is 5.32. The summed E-state index contributed by atoms with van der Waals surface area (Å²) < 4.78 is 0. The van der Waals surface area contributed by atoms with Gasteiger partial charge in [0.2, 0.25) is 0 Å². The number of nitrogens with one attached hydrogen (secondary N) is 1. The Balaban J connectivity index is 1.94. The van der Waals surface area contributed by atoms with Crippen LogP contribution in [0.2, 0.25) is 0 Å². The van der Waals surface area contributed by atoms with Gasteiger partial charge in [-0.1, -0.05) is 30.8 Å². The average molecular weight is 271 g/mol. The summed E-state index contributed by atoms with van der Waals surface area (Å²) in [6.45, 7) is 8.47. The van der Waals surface area contributed by atoms with E-state index >= 15 is 0 Å². The Morgan fingerprint density at radius 3 is 2.75 bits per heavy atom. The van der Waals surface area contributed by atoms with Gasteiger partial charge in [-0.15, -0.1) is 0 Å². The summed E-state index contributed by atoms with van der Waals surface area (Å²) in [5.74, 6) is 0.0932. The Morgan fingerprint density at radius 1 is 1.25 bits per heavy atom. The molecule has 3 rings (SSSR count). The van der Waals surface area contributed by atoms with Crippen LogP contribution in [0, 0.1) is 0 Å². The maximum absolute atomic E-state index is 12.4. The van der Waals surface area contributed by atoms with E-state index in [0.29, 0.717) is 0 Å². The molecule has 2 heterocycles. The van der Waals surface area contributed by atoms with Crippen LogP contribution < -0.4 is 5.32 Å². The Labute approximate surface area is 120 Å². The average Bonchev–Trinajstić information content (AvgIpc) is 2.54. The van der Waals surface area contributed by atoms with Crippen LogP contribution in [0.15, 0.2) is 36.9 Å². The SMILES string of the molecule is C=CC(=O)C1c2ccccc2CCN1N1CCNCC1. The molecule has 1 N–H and O–H groups in total. The van der Waals surface area contributed by atoms with E-state index in [2.05, 4.69) is 40.1 Å². The van der Waals surface area contributed by atoms with E-state index in [9.17, 15) is 4.79 Å². The minimum absolute atomic E-state index is 0.0932. The molecule has 2 aliphatic heterocycles. The second kappa shape index (κ2) is 5.87. The van der Waals surface area contributed by atoms with Crippen molar-refractivity contribution in [3.8, 4) is 0 Å². The summed E-state index contributed by atoms with van der Waals surface area (Å²) in [4.78, 5) is 12.4. The zero-order valence-electron chi connectivity index (χ0n) is 11.7. The van der Waals surface area contributed by atoms with E-state index in [1.165, 1.54) is 11.6 Å². The molecule has 1 atom stereocenters. The van der Waals surface area contributed by atoms with Crippen molar-refractivity contribution in [2.24, 2.45) is 0 Å². The Hall–Kier alpha value is -1.49. The van der Waals surface area contributed by atoms with Gasteiger partial charge in [0.1, 0.15) is 6.04 Å². The van der Waals surface area contributed by atoms with Gasteiger partial charge in [-0.25, -0.2) is 10.0 Å². The molecule has 1 unspecified atom stereocenters. The van der Waals surface area contributed by atoms with E-state index in [0.717, 1.165) is 44.7 Å². The molecule has 20 heavy (non-hydrogen) atoms. The van der Waals surface area contributed by atoms with E-state index in [1.54, 1.807) is 0 Å². The number of carbonyl (C=O) groups excluding carboxylic acids is 1. The third-order valence-electron chi connectivity index (χ3n) is 4.19. The molecule has 0 aromatic heterocycles. The van der Waals surface area contributed by atoms with Crippen LogP contribution in [0.4, 0.5) is 0 Å². The summed E-state index contributed by atoms with van der Waals surface area (Å²) in [5, 5.41) is 7.92. The van der Waals surface area contributed by atoms with E-state index in [1.807, 2.05) is 6.07 Å². The molecule has 1 aromatic carbocycles. The maximum atomic E-state index is 12.4. The van der Waals surface area contributed by atoms with Gasteiger partial charge in [-0.3, -0.25) is 4.79 Å². The highest BCUT2D eigenvalue weighted by molar-refractivity contribution is 5.95. The minimum Gasteiger partial charge on any atom is -0.314 e. The lowest BCUT2D eigenvalue weighted by Crippen LogP contribution is -2.56. The first-order chi connectivity index (χ1) is 9.81. The van der Waals surface area contributed by atoms with Gasteiger partial charge < -0.3 is 5.32 Å². The fraction of sp³-hybridized carbons (Fsp3) is 0.438. The third kappa shape index (κ3) is 2.42. The normalized spacial score (nSPS) is 24.1. The molecule has 106 valence electrons. The Kier molecular flexibility index (Phi) is 3.96. The van der Waals surface area contributed by atoms with Gasteiger partial charge >= 0.3 is 0 Å². The van der Waals surface area contributed by atoms with Gasteiger partial charge in [0.05, 0.1) is 0 Å². The molecule has 1 saturated heterocycles. The van der Waals surface area contributed by atoms with Crippen LogP contribution in [-0.2, 0) is 11.2 Å². The van der Waals surface area contributed by atoms with Crippen molar-refractivity contribution in [1.29, 1.82) is 0 Å². The first-order valence-corrected chi connectivity index (χ1v) is 7.27. The predicted octanol–water partition coefficient (Wildman–Crippen LogP) is 1.16. The first kappa shape index (κ1) is 13.5. The lowest BCUT2D eigenvalue weighted by Gasteiger charge is -2.44. The van der Waals surface area contributed by atoms with Crippen LogP contribution in [0.25, 0.3) is 0 Å². The molecule has 0 radical (unpaired) electrons. The first-order valence-electron chi connectivity index (χ1n) is 7.27. The Bertz CT molecular complexity index is 508. The molecule has 0 amide bonds. The van der Waals surface area contributed by atoms with Crippen molar-refractivity contribution in [3.63, 3.8) is 0 Å². The summed E-state index contributed by atoms with van der Waals surface area (Å²) in [7, 11) is 0. The number of hydrogen-bond donors (Lipinski definition) is 1. The lowest BCUT2D eigenvalue weighted by molar-refractivity contribution is -0.133. The van der Waals surface area contributed by atoms with Crippen molar-refractivity contribution in [3.05, 3.63) is 48.0 Å². The fourth-order valence-corrected chi connectivity index (χ4v) is 3.18. The summed E-state index contributed by atoms with van der Waals surface area (Å²) >= 11 is 0. The highest BCUT2D eigenvalue weighted by atomic mass is 16.1. The highest BCUT2D eigenvalue weighted by Gasteiger charge is 2.34. The molecule has 1 fully saturated rings. The minimum atomic E-state index is -0.199. The summed E-state index contributed by atoms with van der Waals surface area (Å²) in [5.41, 5.74) is 2.43. The molecule has 0 aliphatic carbocycles. The number of fused-ring (bicyclic) bond motifs is 1. The second-order valence-corrected chi connectivity index (χ2v) is 5.32. The number of benzene rings is 1. The molecule has 0 bridgehead atoms. The smallest absolute Gasteiger partial charge is 0.178 e. The topological polar surface area (TPSA) is 35.6 Å². The number of hydrogen-bond acceptors (Lipinski definition) is 4. The number of nitrogens with zero attached hydrogens (tertiary/aromatic N) is 2. The molecule has 4 nitrogen and oxygen atoms in total. The third-order valence-corrected chi connectivity index (χ3v) is 4.19. The van der Waals surface area contributed by atoms with Crippen LogP contribution >= 0.6 is 0 Å². The van der Waals surface area contributed by atoms with Crippen LogP contribution in [0.3, 0.4) is 0 Å². The molecular formula is C16H21N3O. The van der Waals surface area contributed by atoms with Gasteiger partial charge in [-0.05, 0) is 23.6 Å². The van der Waals surface area contributed by atoms with Crippen LogP contribution in [-0.4, -0.2) is 48.5 Å². The number of piperazine rings is 1. The number of ketones is 1. The standard InChI is InChI=1S/C16H21N3O/c1-2-15(20)16-14-6-4-3-5-13(14)7-10-19(16)18-11-8-17-9-12-18/h2-6,16-17H,1,7-12H2. The van der Waals surface area contributed by atoms with Crippen molar-refractivity contribution >= 4 is 5.78 Å². The molecule has 0 saturated carbocycles. The predicted molar refractivity (Wildman–Crippen MR) is 79.2 cm³/mol. The maximum Gasteiger partial charge on any atom is 0.178 e. The molecule has 2 aliphatic rings. The molecular weight excluding hydrogens is 250 g/mol. The monoisotopic (exact) mass is 271 g/mol. The largest absolute Gasteiger partial charge is 0.314 e. The van der Waals surface area contributed by atoms with E-state index < -0.39 is 0 Å². The highest BCUT2D eigenvalue weighted by Crippen LogP contribution is 2.31. The number of rotatable bonds is 3. The van der Waals surface area contributed by atoms with E-state index in [-0.39, 0.29) is 11.8 Å². The zero-order chi connectivity index (χ0) is 13.9. The van der Waals surface area contributed by atoms with Crippen LogP contribution in [0.5, 0.6) is 0 Å². The summed E-state index contributed by atoms with van der Waals surface area (Å²) in [6.07, 6.45) is 2.46. The quantitative estimate of drug-likeness (QED) is 0.837. The van der Waals surface area contributed by atoms with Crippen molar-refractivity contribution in [2.75, 3.05) is 32.7 Å². The van der Waals surface area contributed by atoms with Gasteiger partial charge in [0.25, 0.3) is 0 Å². The lowest BCUT2D eigenvalue weighted by atomic mass is 9.91. The zero-order valence-corrected chi connectivity index (χ0v) is 11.7. The van der Waals surface area contributed by atoms with Gasteiger partial charge in [0.15, 0.2) is 5.78 Å². The fourth-order valence-electron chi connectivity index (χ4n) is 3.18. The van der Waals surface area contributed by atoms with Gasteiger partial charge in [0, 0.05) is 32.7 Å². The molecule has 4 heteroatoms.